The minimum atomic E-state index is -0.469. The molecular formula is C21H36O4. The fourth-order valence-electron chi connectivity index (χ4n) is 3.66. The summed E-state index contributed by atoms with van der Waals surface area (Å²) in [5.41, 5.74) is -0.376. The smallest absolute Gasteiger partial charge is 0.313 e. The molecule has 0 heterocycles. The molecule has 1 aliphatic carbocycles. The third kappa shape index (κ3) is 6.23. The van der Waals surface area contributed by atoms with Gasteiger partial charge in [0.05, 0.1) is 6.61 Å². The first-order chi connectivity index (χ1) is 11.2. The van der Waals surface area contributed by atoms with Crippen LogP contribution in [-0.4, -0.2) is 24.1 Å². The van der Waals surface area contributed by atoms with E-state index in [-0.39, 0.29) is 34.4 Å². The molecule has 0 N–H and O–H groups in total. The number of carbonyl (C=O) groups is 3. The van der Waals surface area contributed by atoms with E-state index >= 15 is 0 Å². The summed E-state index contributed by atoms with van der Waals surface area (Å²) >= 11 is 0. The molecule has 1 aliphatic rings. The largest absolute Gasteiger partial charge is 0.465 e. The monoisotopic (exact) mass is 352 g/mol. The zero-order valence-corrected chi connectivity index (χ0v) is 17.3. The van der Waals surface area contributed by atoms with E-state index in [4.69, 9.17) is 4.74 Å². The summed E-state index contributed by atoms with van der Waals surface area (Å²) in [6.45, 7) is 16.8. The Morgan fingerprint density at radius 2 is 1.56 bits per heavy atom. The van der Waals surface area contributed by atoms with Gasteiger partial charge in [-0.05, 0) is 42.9 Å². The summed E-state index contributed by atoms with van der Waals surface area (Å²) in [6.07, 6.45) is 2.29. The van der Waals surface area contributed by atoms with Crippen LogP contribution in [0.1, 0.15) is 81.1 Å². The highest BCUT2D eigenvalue weighted by Gasteiger charge is 2.54. The zero-order valence-electron chi connectivity index (χ0n) is 17.3. The van der Waals surface area contributed by atoms with Gasteiger partial charge in [-0.25, -0.2) is 0 Å². The molecule has 0 amide bonds. The third-order valence-electron chi connectivity index (χ3n) is 5.49. The molecule has 0 aromatic carbocycles. The fourth-order valence-corrected chi connectivity index (χ4v) is 3.66. The van der Waals surface area contributed by atoms with E-state index in [9.17, 15) is 14.4 Å². The molecule has 2 unspecified atom stereocenters. The Morgan fingerprint density at radius 3 is 2.00 bits per heavy atom. The van der Waals surface area contributed by atoms with E-state index < -0.39 is 5.97 Å². The quantitative estimate of drug-likeness (QED) is 0.473. The highest BCUT2D eigenvalue weighted by Crippen LogP contribution is 2.54. The Morgan fingerprint density at radius 1 is 1.00 bits per heavy atom. The van der Waals surface area contributed by atoms with Gasteiger partial charge in [-0.1, -0.05) is 48.5 Å². The van der Waals surface area contributed by atoms with Crippen molar-refractivity contribution in [3.8, 4) is 0 Å². The molecule has 4 heteroatoms. The number of hydrogen-bond acceptors (Lipinski definition) is 4. The van der Waals surface area contributed by atoms with Crippen molar-refractivity contribution in [1.82, 2.24) is 0 Å². The lowest BCUT2D eigenvalue weighted by atomic mass is 9.58. The Kier molecular flexibility index (Phi) is 6.63. The van der Waals surface area contributed by atoms with Crippen molar-refractivity contribution < 1.29 is 19.1 Å². The summed E-state index contributed by atoms with van der Waals surface area (Å²) in [6, 6.07) is 0. The van der Waals surface area contributed by atoms with Crippen LogP contribution < -0.4 is 0 Å². The van der Waals surface area contributed by atoms with Crippen LogP contribution in [0, 0.1) is 28.1 Å². The predicted octanol–water partition coefficient (Wildman–Crippen LogP) is 4.59. The molecule has 0 aromatic heterocycles. The molecule has 0 spiro atoms. The third-order valence-corrected chi connectivity index (χ3v) is 5.49. The molecule has 0 aromatic rings. The van der Waals surface area contributed by atoms with E-state index in [1.165, 1.54) is 6.92 Å². The molecule has 1 saturated carbocycles. The van der Waals surface area contributed by atoms with Gasteiger partial charge in [0, 0.05) is 11.3 Å². The van der Waals surface area contributed by atoms with E-state index in [0.717, 1.165) is 12.8 Å². The van der Waals surface area contributed by atoms with Crippen molar-refractivity contribution in [2.24, 2.45) is 28.1 Å². The minimum Gasteiger partial charge on any atom is -0.465 e. The van der Waals surface area contributed by atoms with Crippen molar-refractivity contribution in [3.63, 3.8) is 0 Å². The van der Waals surface area contributed by atoms with Gasteiger partial charge in [0.15, 0.2) is 0 Å². The van der Waals surface area contributed by atoms with Crippen molar-refractivity contribution in [2.45, 2.75) is 81.1 Å². The van der Waals surface area contributed by atoms with Crippen LogP contribution in [0.4, 0.5) is 0 Å². The number of ether oxygens (including phenoxy) is 1. The predicted molar refractivity (Wildman–Crippen MR) is 99.1 cm³/mol. The Balaban J connectivity index is 2.62. The van der Waals surface area contributed by atoms with Crippen LogP contribution >= 0.6 is 0 Å². The number of esters is 1. The molecule has 0 aliphatic heterocycles. The lowest BCUT2D eigenvalue weighted by molar-refractivity contribution is -0.145. The van der Waals surface area contributed by atoms with Crippen molar-refractivity contribution >= 4 is 17.5 Å². The van der Waals surface area contributed by atoms with Crippen LogP contribution in [0.25, 0.3) is 0 Å². The van der Waals surface area contributed by atoms with E-state index in [1.807, 2.05) is 0 Å². The summed E-state index contributed by atoms with van der Waals surface area (Å²) in [5.74, 6) is 0.0863. The second kappa shape index (κ2) is 7.59. The van der Waals surface area contributed by atoms with Gasteiger partial charge in [-0.15, -0.1) is 0 Å². The summed E-state index contributed by atoms with van der Waals surface area (Å²) in [5, 5.41) is 0. The molecule has 144 valence electrons. The second-order valence-corrected chi connectivity index (χ2v) is 10.2. The highest BCUT2D eigenvalue weighted by molar-refractivity contribution is 5.94. The molecule has 0 bridgehead atoms. The maximum absolute atomic E-state index is 13.3. The first-order valence-corrected chi connectivity index (χ1v) is 9.37. The highest BCUT2D eigenvalue weighted by atomic mass is 16.5. The molecule has 1 rings (SSSR count). The maximum Gasteiger partial charge on any atom is 0.313 e. The molecule has 0 saturated heterocycles. The Bertz CT molecular complexity index is 521. The van der Waals surface area contributed by atoms with Gasteiger partial charge in [0.2, 0.25) is 0 Å². The summed E-state index contributed by atoms with van der Waals surface area (Å²) in [4.78, 5) is 35.5. The molecule has 25 heavy (non-hydrogen) atoms. The van der Waals surface area contributed by atoms with Gasteiger partial charge in [0.1, 0.15) is 18.0 Å². The van der Waals surface area contributed by atoms with Crippen LogP contribution in [0.2, 0.25) is 0 Å². The van der Waals surface area contributed by atoms with Gasteiger partial charge >= 0.3 is 5.97 Å². The van der Waals surface area contributed by atoms with Gasteiger partial charge in [-0.2, -0.15) is 0 Å². The topological polar surface area (TPSA) is 60.4 Å². The normalized spacial score (nSPS) is 22.9. The fraction of sp³-hybridized carbons (Fsp3) is 0.857. The van der Waals surface area contributed by atoms with Crippen molar-refractivity contribution in [2.75, 3.05) is 6.61 Å². The number of Topliss-reactive ketones (excluding diaryl/α,β-unsaturated/α-hetero) is 2. The zero-order chi connectivity index (χ0) is 19.6. The number of hydrogen-bond donors (Lipinski definition) is 0. The molecule has 3 atom stereocenters. The lowest BCUT2D eigenvalue weighted by Gasteiger charge is -2.45. The van der Waals surface area contributed by atoms with Gasteiger partial charge < -0.3 is 4.74 Å². The maximum atomic E-state index is 13.3. The van der Waals surface area contributed by atoms with Crippen LogP contribution in [0.3, 0.4) is 0 Å². The number of rotatable bonds is 8. The molecule has 4 nitrogen and oxygen atoms in total. The van der Waals surface area contributed by atoms with Crippen molar-refractivity contribution in [3.05, 3.63) is 0 Å². The van der Waals surface area contributed by atoms with Gasteiger partial charge in [0.25, 0.3) is 0 Å². The number of carbonyl (C=O) groups excluding carboxylic acids is 3. The van der Waals surface area contributed by atoms with Crippen LogP contribution in [0.15, 0.2) is 0 Å². The first kappa shape index (κ1) is 21.9. The van der Waals surface area contributed by atoms with Crippen LogP contribution in [0.5, 0.6) is 0 Å². The SMILES string of the molecule is CC(=O)CC(=O)OCCC1C[C@H]1C(=O)C(C)(CC(C)(C)C)C(C)(C)C. The first-order valence-electron chi connectivity index (χ1n) is 9.37. The lowest BCUT2D eigenvalue weighted by Crippen LogP contribution is -2.44. The van der Waals surface area contributed by atoms with E-state index in [1.54, 1.807) is 0 Å². The molecule has 0 radical (unpaired) electrons. The number of ketones is 2. The van der Waals surface area contributed by atoms with Crippen LogP contribution in [-0.2, 0) is 19.1 Å². The van der Waals surface area contributed by atoms with Crippen molar-refractivity contribution in [1.29, 1.82) is 0 Å². The standard InChI is InChI=1S/C21H36O4/c1-14(22)11-17(23)25-10-9-15-12-16(15)18(24)21(8,20(5,6)7)13-19(2,3)4/h15-16H,9-13H2,1-8H3/t15?,16-,21?/m1/s1. The average molecular weight is 353 g/mol. The van der Waals surface area contributed by atoms with E-state index in [0.29, 0.717) is 24.7 Å². The Labute approximate surface area is 153 Å². The van der Waals surface area contributed by atoms with Gasteiger partial charge in [-0.3, -0.25) is 14.4 Å². The van der Waals surface area contributed by atoms with E-state index in [2.05, 4.69) is 48.5 Å². The summed E-state index contributed by atoms with van der Waals surface area (Å²) in [7, 11) is 0. The minimum absolute atomic E-state index is 0.0816. The molecule has 1 fully saturated rings. The molecular weight excluding hydrogens is 316 g/mol. The summed E-state index contributed by atoms with van der Waals surface area (Å²) < 4.78 is 5.09. The Hall–Kier alpha value is -1.19. The average Bonchev–Trinajstić information content (AvgIpc) is 3.12. The second-order valence-electron chi connectivity index (χ2n) is 10.2.